The van der Waals surface area contributed by atoms with Gasteiger partial charge < -0.3 is 0 Å². The van der Waals surface area contributed by atoms with E-state index >= 15 is 0 Å². The first kappa shape index (κ1) is 19.6. The van der Waals surface area contributed by atoms with Crippen molar-refractivity contribution in [3.63, 3.8) is 0 Å². The SMILES string of the molecule is C[C](C)=[Zr]([Cl])[Cl].Cc1c[cH-]cc1C.c1ccc2[cH-]ccc2c1. The summed E-state index contributed by atoms with van der Waals surface area (Å²) in [6, 6.07) is 21.0. The molecule has 0 radical (unpaired) electrons. The third-order valence-electron chi connectivity index (χ3n) is 3.24. The Bertz CT molecular complexity index is 655. The normalized spacial score (nSPS) is 9.36. The average Bonchev–Trinajstić information content (AvgIpc) is 3.10. The van der Waals surface area contributed by atoms with E-state index < -0.39 is 18.9 Å². The van der Waals surface area contributed by atoms with Crippen LogP contribution in [0.1, 0.15) is 25.0 Å². The van der Waals surface area contributed by atoms with Crippen molar-refractivity contribution in [2.75, 3.05) is 0 Å². The first-order valence-corrected chi connectivity index (χ1v) is 14.8. The first-order valence-electron chi connectivity index (χ1n) is 7.19. The van der Waals surface area contributed by atoms with Crippen LogP contribution in [0.2, 0.25) is 0 Å². The molecular formula is C19H22Cl2Zr-2. The second-order valence-corrected chi connectivity index (χ2v) is 14.7. The maximum absolute atomic E-state index is 5.54. The van der Waals surface area contributed by atoms with Gasteiger partial charge in [0.15, 0.2) is 0 Å². The zero-order chi connectivity index (χ0) is 16.5. The van der Waals surface area contributed by atoms with Gasteiger partial charge in [0, 0.05) is 0 Å². The van der Waals surface area contributed by atoms with Crippen LogP contribution in [0.5, 0.6) is 0 Å². The molecule has 0 N–H and O–H groups in total. The molecular weight excluding hydrogens is 390 g/mol. The number of halogens is 2. The van der Waals surface area contributed by atoms with Crippen LogP contribution in [0.3, 0.4) is 0 Å². The van der Waals surface area contributed by atoms with E-state index in [0.717, 1.165) is 0 Å². The number of rotatable bonds is 0. The van der Waals surface area contributed by atoms with E-state index in [2.05, 4.69) is 74.5 Å². The third-order valence-corrected chi connectivity index (χ3v) is 9.57. The van der Waals surface area contributed by atoms with Crippen molar-refractivity contribution in [3.05, 3.63) is 71.8 Å². The van der Waals surface area contributed by atoms with E-state index in [-0.39, 0.29) is 0 Å². The molecule has 0 aliphatic rings. The van der Waals surface area contributed by atoms with Crippen LogP contribution in [0, 0.1) is 13.8 Å². The standard InChI is InChI=1S/C9H7.C7H9.C3H6.2ClH.Zr/c1-2-5-9-7-3-6-8(9)4-1;1-6-4-3-5-7(6)2;1-3-2;;;/h1-7H;3-5H,1-2H3;1-2H3;2*1H;/q2*-1;;;;+2/p-2. The van der Waals surface area contributed by atoms with Gasteiger partial charge in [-0.1, -0.05) is 19.9 Å². The van der Waals surface area contributed by atoms with Gasteiger partial charge in [-0.25, -0.2) is 0 Å². The molecule has 22 heavy (non-hydrogen) atoms. The molecule has 0 nitrogen and oxygen atoms in total. The van der Waals surface area contributed by atoms with E-state index in [9.17, 15) is 0 Å². The van der Waals surface area contributed by atoms with Gasteiger partial charge in [-0.05, 0) is 0 Å². The Kier molecular flexibility index (Phi) is 9.17. The quantitative estimate of drug-likeness (QED) is 0.360. The Morgan fingerprint density at radius 2 is 1.50 bits per heavy atom. The number of hydrogen-bond acceptors (Lipinski definition) is 0. The maximum atomic E-state index is 5.54. The molecule has 3 aromatic carbocycles. The summed E-state index contributed by atoms with van der Waals surface area (Å²) in [6.45, 7) is 8.20. The van der Waals surface area contributed by atoms with Crippen molar-refractivity contribution < 1.29 is 18.9 Å². The average molecular weight is 413 g/mol. The van der Waals surface area contributed by atoms with Gasteiger partial charge in [-0.15, -0.1) is 29.7 Å². The van der Waals surface area contributed by atoms with Crippen molar-refractivity contribution in [1.82, 2.24) is 0 Å². The van der Waals surface area contributed by atoms with Crippen molar-refractivity contribution in [1.29, 1.82) is 0 Å². The Hall–Kier alpha value is -0.487. The molecule has 3 rings (SSSR count). The summed E-state index contributed by atoms with van der Waals surface area (Å²) in [6.07, 6.45) is 0. The topological polar surface area (TPSA) is 0 Å². The van der Waals surface area contributed by atoms with Gasteiger partial charge in [0.2, 0.25) is 0 Å². The van der Waals surface area contributed by atoms with E-state index in [4.69, 9.17) is 17.0 Å². The molecule has 0 amide bonds. The smallest absolute Gasteiger partial charge is 0.0809 e. The van der Waals surface area contributed by atoms with E-state index in [0.29, 0.717) is 0 Å². The van der Waals surface area contributed by atoms with E-state index in [1.165, 1.54) is 25.1 Å². The first-order chi connectivity index (χ1) is 10.4. The van der Waals surface area contributed by atoms with Gasteiger partial charge in [0.25, 0.3) is 0 Å². The Balaban J connectivity index is 0.000000170. The van der Waals surface area contributed by atoms with Gasteiger partial charge in [-0.3, -0.25) is 0 Å². The van der Waals surface area contributed by atoms with E-state index in [1.54, 1.807) is 0 Å². The summed E-state index contributed by atoms with van der Waals surface area (Å²) in [5.41, 5.74) is 2.78. The van der Waals surface area contributed by atoms with Gasteiger partial charge >= 0.3 is 53.0 Å². The van der Waals surface area contributed by atoms with Crippen LogP contribution in [0.25, 0.3) is 10.8 Å². The monoisotopic (exact) mass is 410 g/mol. The number of fused-ring (bicyclic) bond motifs is 1. The molecule has 3 heteroatoms. The summed E-state index contributed by atoms with van der Waals surface area (Å²) in [4.78, 5) is 0. The van der Waals surface area contributed by atoms with Gasteiger partial charge in [-0.2, -0.15) is 46.8 Å². The van der Waals surface area contributed by atoms with Gasteiger partial charge in [0.05, 0.1) is 0 Å². The van der Waals surface area contributed by atoms with E-state index in [1.807, 2.05) is 13.8 Å². The van der Waals surface area contributed by atoms with Crippen molar-refractivity contribution in [2.45, 2.75) is 27.7 Å². The fraction of sp³-hybridized carbons (Fsp3) is 0.211. The van der Waals surface area contributed by atoms with Crippen molar-refractivity contribution in [2.24, 2.45) is 0 Å². The molecule has 0 saturated carbocycles. The molecule has 0 heterocycles. The minimum atomic E-state index is -1.84. The molecule has 3 aromatic rings. The van der Waals surface area contributed by atoms with Crippen LogP contribution in [-0.4, -0.2) is 3.21 Å². The van der Waals surface area contributed by atoms with Crippen LogP contribution in [-0.2, 0) is 18.9 Å². The number of benzene rings is 1. The summed E-state index contributed by atoms with van der Waals surface area (Å²) < 4.78 is 1.24. The van der Waals surface area contributed by atoms with Crippen molar-refractivity contribution >= 4 is 31.0 Å². The zero-order valence-electron chi connectivity index (χ0n) is 13.5. The predicted molar refractivity (Wildman–Crippen MR) is 99.1 cm³/mol. The third kappa shape index (κ3) is 7.18. The summed E-state index contributed by atoms with van der Waals surface area (Å²) >= 11 is -1.84. The molecule has 0 atom stereocenters. The molecule has 0 aromatic heterocycles. The molecule has 0 saturated heterocycles. The zero-order valence-corrected chi connectivity index (χ0v) is 17.5. The molecule has 0 aliphatic carbocycles. The summed E-state index contributed by atoms with van der Waals surface area (Å²) in [5.74, 6) is 0. The van der Waals surface area contributed by atoms with Crippen LogP contribution in [0.15, 0.2) is 60.7 Å². The second kappa shape index (κ2) is 10.3. The molecule has 0 aliphatic heterocycles. The fourth-order valence-electron chi connectivity index (χ4n) is 1.67. The number of aryl methyl sites for hydroxylation is 2. The maximum Gasteiger partial charge on any atom is -0.0809 e. The molecule has 0 bridgehead atoms. The molecule has 0 unspecified atom stereocenters. The minimum Gasteiger partial charge on any atom is -0.199 e. The Labute approximate surface area is 148 Å². The molecule has 0 fully saturated rings. The second-order valence-electron chi connectivity index (χ2n) is 5.31. The van der Waals surface area contributed by atoms with Crippen molar-refractivity contribution in [3.8, 4) is 0 Å². The van der Waals surface area contributed by atoms with Crippen LogP contribution < -0.4 is 0 Å². The van der Waals surface area contributed by atoms with Crippen LogP contribution >= 0.6 is 17.0 Å². The molecule has 118 valence electrons. The predicted octanol–water partition coefficient (Wildman–Crippen LogP) is 6.71. The van der Waals surface area contributed by atoms with Crippen LogP contribution in [0.4, 0.5) is 0 Å². The largest absolute Gasteiger partial charge is 0.199 e. The summed E-state index contributed by atoms with van der Waals surface area (Å²) in [5, 5.41) is 2.66. The minimum absolute atomic E-state index is 1.24. The Morgan fingerprint density at radius 1 is 0.955 bits per heavy atom. The molecule has 0 spiro atoms. The Morgan fingerprint density at radius 3 is 1.91 bits per heavy atom. The van der Waals surface area contributed by atoms with Gasteiger partial charge in [0.1, 0.15) is 0 Å². The fourth-order valence-corrected chi connectivity index (χ4v) is 1.67. The summed E-state index contributed by atoms with van der Waals surface area (Å²) in [7, 11) is 11.1. The number of hydrogen-bond donors (Lipinski definition) is 0.